The number of carbonyl (C=O) groups is 1. The lowest BCUT2D eigenvalue weighted by Gasteiger charge is -1.94. The summed E-state index contributed by atoms with van der Waals surface area (Å²) in [4.78, 5) is 13.2. The lowest BCUT2D eigenvalue weighted by molar-refractivity contribution is -0.143. The standard InChI is InChI=1S/C4H4FN3O2/c5-2(4(9)10)3-6-1-7-8-3/h1-2H,(H,9,10)(H,6,7,8). The smallest absolute Gasteiger partial charge is 0.346 e. The molecule has 0 aliphatic rings. The van der Waals surface area contributed by atoms with Crippen LogP contribution in [-0.2, 0) is 4.79 Å². The minimum absolute atomic E-state index is 0.285. The van der Waals surface area contributed by atoms with E-state index in [0.29, 0.717) is 0 Å². The molecule has 0 aliphatic carbocycles. The number of hydrogen-bond donors (Lipinski definition) is 2. The van der Waals surface area contributed by atoms with Crippen LogP contribution in [0.1, 0.15) is 12.0 Å². The van der Waals surface area contributed by atoms with Crippen molar-refractivity contribution in [3.05, 3.63) is 12.2 Å². The monoisotopic (exact) mass is 145 g/mol. The Kier molecular flexibility index (Phi) is 1.61. The fourth-order valence-electron chi connectivity index (χ4n) is 0.454. The van der Waals surface area contributed by atoms with Crippen molar-refractivity contribution in [3.63, 3.8) is 0 Å². The Morgan fingerprint density at radius 2 is 2.60 bits per heavy atom. The van der Waals surface area contributed by atoms with Gasteiger partial charge in [-0.1, -0.05) is 0 Å². The van der Waals surface area contributed by atoms with Crippen LogP contribution in [0.4, 0.5) is 4.39 Å². The number of aliphatic carboxylic acids is 1. The molecule has 0 radical (unpaired) electrons. The highest BCUT2D eigenvalue weighted by Crippen LogP contribution is 2.10. The van der Waals surface area contributed by atoms with Gasteiger partial charge in [0.05, 0.1) is 0 Å². The molecular weight excluding hydrogens is 141 g/mol. The van der Waals surface area contributed by atoms with Crippen LogP contribution in [0.2, 0.25) is 0 Å². The Hall–Kier alpha value is -1.46. The number of alkyl halides is 1. The average molecular weight is 145 g/mol. The number of aromatic nitrogens is 3. The van der Waals surface area contributed by atoms with Crippen LogP contribution >= 0.6 is 0 Å². The molecule has 2 N–H and O–H groups in total. The number of hydrogen-bond acceptors (Lipinski definition) is 3. The van der Waals surface area contributed by atoms with Gasteiger partial charge in [0.15, 0.2) is 5.82 Å². The van der Waals surface area contributed by atoms with Gasteiger partial charge in [-0.15, -0.1) is 0 Å². The number of halogens is 1. The molecule has 1 heterocycles. The molecule has 0 spiro atoms. The Labute approximate surface area is 54.9 Å². The van der Waals surface area contributed by atoms with Gasteiger partial charge in [-0.05, 0) is 0 Å². The first-order chi connectivity index (χ1) is 4.72. The Morgan fingerprint density at radius 3 is 3.00 bits per heavy atom. The van der Waals surface area contributed by atoms with E-state index < -0.39 is 12.1 Å². The molecule has 54 valence electrons. The third-order valence-electron chi connectivity index (χ3n) is 0.891. The summed E-state index contributed by atoms with van der Waals surface area (Å²) in [7, 11) is 0. The van der Waals surface area contributed by atoms with Gasteiger partial charge in [-0.2, -0.15) is 5.10 Å². The second kappa shape index (κ2) is 2.42. The molecule has 0 amide bonds. The molecule has 0 bridgehead atoms. The summed E-state index contributed by atoms with van der Waals surface area (Å²) in [6.07, 6.45) is -1.06. The number of rotatable bonds is 2. The third kappa shape index (κ3) is 1.09. The highest BCUT2D eigenvalue weighted by atomic mass is 19.1. The Balaban J connectivity index is 2.77. The van der Waals surface area contributed by atoms with Gasteiger partial charge in [0.1, 0.15) is 6.33 Å². The first-order valence-electron chi connectivity index (χ1n) is 2.44. The minimum Gasteiger partial charge on any atom is -0.479 e. The number of aromatic amines is 1. The van der Waals surface area contributed by atoms with Gasteiger partial charge < -0.3 is 5.11 Å². The molecule has 0 saturated heterocycles. The van der Waals surface area contributed by atoms with E-state index in [1.165, 1.54) is 0 Å². The molecule has 0 fully saturated rings. The zero-order valence-corrected chi connectivity index (χ0v) is 4.78. The highest BCUT2D eigenvalue weighted by molar-refractivity contribution is 5.72. The first kappa shape index (κ1) is 6.66. The molecule has 1 unspecified atom stereocenters. The van der Waals surface area contributed by atoms with E-state index in [1.807, 2.05) is 0 Å². The van der Waals surface area contributed by atoms with Crippen LogP contribution in [0, 0.1) is 0 Å². The summed E-state index contributed by atoms with van der Waals surface area (Å²) in [6, 6.07) is 0. The molecule has 1 aromatic heterocycles. The zero-order chi connectivity index (χ0) is 7.56. The summed E-state index contributed by atoms with van der Waals surface area (Å²) in [6.45, 7) is 0. The summed E-state index contributed by atoms with van der Waals surface area (Å²) >= 11 is 0. The van der Waals surface area contributed by atoms with E-state index in [9.17, 15) is 9.18 Å². The lowest BCUT2D eigenvalue weighted by Crippen LogP contribution is -2.07. The summed E-state index contributed by atoms with van der Waals surface area (Å²) in [5.74, 6) is -1.86. The maximum atomic E-state index is 12.4. The van der Waals surface area contributed by atoms with Gasteiger partial charge in [-0.3, -0.25) is 5.10 Å². The average Bonchev–Trinajstić information content (AvgIpc) is 2.36. The predicted octanol–water partition coefficient (Wildman–Crippen LogP) is -0.100. The van der Waals surface area contributed by atoms with Crippen molar-refractivity contribution >= 4 is 5.97 Å². The first-order valence-corrected chi connectivity index (χ1v) is 2.44. The summed E-state index contributed by atoms with van der Waals surface area (Å²) in [5, 5.41) is 13.5. The molecule has 0 aromatic carbocycles. The van der Waals surface area contributed by atoms with E-state index in [4.69, 9.17) is 5.11 Å². The van der Waals surface area contributed by atoms with E-state index >= 15 is 0 Å². The second-order valence-corrected chi connectivity index (χ2v) is 1.57. The van der Waals surface area contributed by atoms with Crippen molar-refractivity contribution in [2.75, 3.05) is 0 Å². The lowest BCUT2D eigenvalue weighted by atomic mass is 10.4. The van der Waals surface area contributed by atoms with Crippen molar-refractivity contribution in [1.82, 2.24) is 15.2 Å². The molecule has 1 atom stereocenters. The quantitative estimate of drug-likeness (QED) is 0.609. The van der Waals surface area contributed by atoms with Crippen molar-refractivity contribution in [2.24, 2.45) is 0 Å². The molecule has 0 saturated carbocycles. The van der Waals surface area contributed by atoms with Crippen molar-refractivity contribution in [1.29, 1.82) is 0 Å². The Morgan fingerprint density at radius 1 is 1.90 bits per heavy atom. The number of carboxylic acids is 1. The maximum absolute atomic E-state index is 12.4. The van der Waals surface area contributed by atoms with Gasteiger partial charge >= 0.3 is 5.97 Å². The van der Waals surface area contributed by atoms with Crippen LogP contribution in [0.15, 0.2) is 6.33 Å². The molecule has 1 aromatic rings. The third-order valence-corrected chi connectivity index (χ3v) is 0.891. The van der Waals surface area contributed by atoms with Crippen LogP contribution in [-0.4, -0.2) is 26.3 Å². The largest absolute Gasteiger partial charge is 0.479 e. The van der Waals surface area contributed by atoms with Crippen LogP contribution in [0.5, 0.6) is 0 Å². The summed E-state index contributed by atoms with van der Waals surface area (Å²) < 4.78 is 12.4. The number of nitrogens with zero attached hydrogens (tertiary/aromatic N) is 2. The van der Waals surface area contributed by atoms with E-state index in [0.717, 1.165) is 6.33 Å². The van der Waals surface area contributed by atoms with E-state index in [1.54, 1.807) is 0 Å². The summed E-state index contributed by atoms with van der Waals surface area (Å²) in [5.41, 5.74) is 0. The molecule has 1 rings (SSSR count). The topological polar surface area (TPSA) is 78.9 Å². The number of H-pyrrole nitrogens is 1. The van der Waals surface area contributed by atoms with Crippen LogP contribution in [0.3, 0.4) is 0 Å². The van der Waals surface area contributed by atoms with Crippen LogP contribution < -0.4 is 0 Å². The minimum atomic E-state index is -2.11. The molecule has 6 heteroatoms. The molecular formula is C4H4FN3O2. The van der Waals surface area contributed by atoms with E-state index in [2.05, 4.69) is 15.2 Å². The number of carboxylic acid groups (broad SMARTS) is 1. The van der Waals surface area contributed by atoms with Crippen molar-refractivity contribution in [3.8, 4) is 0 Å². The van der Waals surface area contributed by atoms with Gasteiger partial charge in [-0.25, -0.2) is 14.2 Å². The molecule has 10 heavy (non-hydrogen) atoms. The number of nitrogens with one attached hydrogen (secondary N) is 1. The molecule has 0 aliphatic heterocycles. The normalized spacial score (nSPS) is 12.9. The van der Waals surface area contributed by atoms with Crippen molar-refractivity contribution in [2.45, 2.75) is 6.17 Å². The SMILES string of the molecule is O=C(O)C(F)c1ncn[nH]1. The van der Waals surface area contributed by atoms with Crippen molar-refractivity contribution < 1.29 is 14.3 Å². The van der Waals surface area contributed by atoms with Gasteiger partial charge in [0, 0.05) is 0 Å². The molecule has 5 nitrogen and oxygen atoms in total. The van der Waals surface area contributed by atoms with Gasteiger partial charge in [0.25, 0.3) is 6.17 Å². The van der Waals surface area contributed by atoms with Gasteiger partial charge in [0.2, 0.25) is 0 Å². The second-order valence-electron chi connectivity index (χ2n) is 1.57. The van der Waals surface area contributed by atoms with E-state index in [-0.39, 0.29) is 5.82 Å². The fourth-order valence-corrected chi connectivity index (χ4v) is 0.454. The zero-order valence-electron chi connectivity index (χ0n) is 4.78. The van der Waals surface area contributed by atoms with Crippen LogP contribution in [0.25, 0.3) is 0 Å². The predicted molar refractivity (Wildman–Crippen MR) is 27.9 cm³/mol. The highest BCUT2D eigenvalue weighted by Gasteiger charge is 2.20. The maximum Gasteiger partial charge on any atom is 0.346 e. The Bertz CT molecular complexity index is 222. The fraction of sp³-hybridized carbons (Fsp3) is 0.250.